The molecule has 5 rings (SSSR count). The van der Waals surface area contributed by atoms with Crippen LogP contribution in [0.2, 0.25) is 0 Å². The molecule has 0 bridgehead atoms. The molecule has 0 fully saturated rings. The Kier molecular flexibility index (Phi) is 3.59. The van der Waals surface area contributed by atoms with Gasteiger partial charge in [0.1, 0.15) is 0 Å². The summed E-state index contributed by atoms with van der Waals surface area (Å²) < 4.78 is 19.9. The van der Waals surface area contributed by atoms with E-state index in [0.717, 1.165) is 11.3 Å². The molecular weight excluding hydrogens is 377 g/mol. The average molecular weight is 393 g/mol. The van der Waals surface area contributed by atoms with E-state index in [1.165, 1.54) is 0 Å². The summed E-state index contributed by atoms with van der Waals surface area (Å²) >= 11 is 0. The van der Waals surface area contributed by atoms with Gasteiger partial charge in [0, 0.05) is 0 Å². The van der Waals surface area contributed by atoms with Crippen LogP contribution < -0.4 is 9.82 Å². The molecule has 3 aromatic rings. The van der Waals surface area contributed by atoms with Gasteiger partial charge in [0.15, 0.2) is 0 Å². The zero-order chi connectivity index (χ0) is 19.5. The van der Waals surface area contributed by atoms with Crippen LogP contribution in [0.3, 0.4) is 0 Å². The molecule has 3 heterocycles. The topological polar surface area (TPSA) is 93.5 Å². The molecule has 0 amide bonds. The van der Waals surface area contributed by atoms with Crippen molar-refractivity contribution in [3.63, 3.8) is 0 Å². The number of para-hydroxylation sites is 1. The molecule has 28 heavy (non-hydrogen) atoms. The Morgan fingerprint density at radius 2 is 1.75 bits per heavy atom. The zero-order valence-corrected chi connectivity index (χ0v) is 15.8. The number of ether oxygens (including phenoxy) is 1. The lowest BCUT2D eigenvalue weighted by Crippen LogP contribution is -2.20. The predicted octanol–water partition coefficient (Wildman–Crippen LogP) is 3.23. The average Bonchev–Trinajstić information content (AvgIpc) is 3.15. The SMILES string of the molecule is Cc1nn(-c2ccccc2)c2c1C(c1ccccc1)C1=C(NP(=O)(O)C1=O)O2. The van der Waals surface area contributed by atoms with Crippen molar-refractivity contribution >= 4 is 13.0 Å². The molecule has 0 saturated heterocycles. The number of benzene rings is 2. The number of aryl methyl sites for hydroxylation is 1. The molecule has 0 radical (unpaired) electrons. The summed E-state index contributed by atoms with van der Waals surface area (Å²) in [5.41, 5.74) is 2.36. The summed E-state index contributed by atoms with van der Waals surface area (Å²) in [5.74, 6) is -0.0897. The van der Waals surface area contributed by atoms with Gasteiger partial charge in [-0.1, -0.05) is 48.5 Å². The number of carbonyl (C=O) groups excluding carboxylic acids is 1. The molecule has 2 aliphatic rings. The summed E-state index contributed by atoms with van der Waals surface area (Å²) in [6.45, 7) is 1.84. The van der Waals surface area contributed by atoms with Gasteiger partial charge in [0.2, 0.25) is 11.8 Å². The van der Waals surface area contributed by atoms with E-state index in [-0.39, 0.29) is 11.5 Å². The van der Waals surface area contributed by atoms with Gasteiger partial charge in [-0.3, -0.25) is 14.4 Å². The Morgan fingerprint density at radius 1 is 1.11 bits per heavy atom. The maximum atomic E-state index is 12.7. The Morgan fingerprint density at radius 3 is 2.43 bits per heavy atom. The summed E-state index contributed by atoms with van der Waals surface area (Å²) in [5, 5.41) is 7.01. The van der Waals surface area contributed by atoms with Crippen LogP contribution in [0.15, 0.2) is 72.1 Å². The number of rotatable bonds is 2. The summed E-state index contributed by atoms with van der Waals surface area (Å²) in [4.78, 5) is 22.8. The first-order chi connectivity index (χ1) is 13.5. The smallest absolute Gasteiger partial charge is 0.363 e. The van der Waals surface area contributed by atoms with E-state index in [1.807, 2.05) is 67.6 Å². The number of aromatic nitrogens is 2. The lowest BCUT2D eigenvalue weighted by atomic mass is 9.84. The number of hydrogen-bond donors (Lipinski definition) is 2. The van der Waals surface area contributed by atoms with E-state index in [2.05, 4.69) is 10.2 Å². The van der Waals surface area contributed by atoms with Crippen molar-refractivity contribution in [2.45, 2.75) is 12.8 Å². The molecule has 0 saturated carbocycles. The number of carbonyl (C=O) groups is 1. The third-order valence-electron chi connectivity index (χ3n) is 4.98. The van der Waals surface area contributed by atoms with E-state index < -0.39 is 19.0 Å². The summed E-state index contributed by atoms with van der Waals surface area (Å²) in [6.07, 6.45) is 0. The standard InChI is InChI=1S/C20H16N3O4P/c1-12-15-16(13-8-4-2-5-9-13)17-18(22-28(25,26)20(17)24)27-19(15)23(21-12)14-10-6-3-7-11-14/h2-11,16H,1H3,(H2,22,25,26). The van der Waals surface area contributed by atoms with E-state index in [9.17, 15) is 14.3 Å². The number of nitrogens with one attached hydrogen (secondary N) is 1. The Labute approximate surface area is 160 Å². The number of hydrogen-bond acceptors (Lipinski definition) is 4. The Balaban J connectivity index is 1.77. The first-order valence-electron chi connectivity index (χ1n) is 8.75. The van der Waals surface area contributed by atoms with Gasteiger partial charge in [-0.25, -0.2) is 4.68 Å². The van der Waals surface area contributed by atoms with Crippen molar-refractivity contribution in [3.05, 3.63) is 88.9 Å². The second-order valence-corrected chi connectivity index (χ2v) is 8.51. The largest absolute Gasteiger partial charge is 0.422 e. The predicted molar refractivity (Wildman–Crippen MR) is 102 cm³/mol. The maximum absolute atomic E-state index is 12.7. The first-order valence-corrected chi connectivity index (χ1v) is 10.4. The molecule has 2 aliphatic heterocycles. The first kappa shape index (κ1) is 17.0. The van der Waals surface area contributed by atoms with Crippen LogP contribution in [0.1, 0.15) is 22.7 Å². The van der Waals surface area contributed by atoms with Crippen LogP contribution in [0.25, 0.3) is 5.69 Å². The van der Waals surface area contributed by atoms with Crippen LogP contribution in [-0.2, 0) is 9.36 Å². The van der Waals surface area contributed by atoms with E-state index in [0.29, 0.717) is 17.1 Å². The van der Waals surface area contributed by atoms with Gasteiger partial charge in [-0.15, -0.1) is 0 Å². The number of nitrogens with zero attached hydrogens (tertiary/aromatic N) is 2. The minimum atomic E-state index is -4.22. The minimum Gasteiger partial charge on any atom is -0.422 e. The second-order valence-electron chi connectivity index (χ2n) is 6.73. The molecule has 1 aromatic heterocycles. The lowest BCUT2D eigenvalue weighted by Gasteiger charge is -2.24. The summed E-state index contributed by atoms with van der Waals surface area (Å²) in [7, 11) is -4.22. The van der Waals surface area contributed by atoms with Crippen molar-refractivity contribution < 1.29 is 19.0 Å². The quantitative estimate of drug-likeness (QED) is 0.650. The highest BCUT2D eigenvalue weighted by atomic mass is 31.2. The van der Waals surface area contributed by atoms with Gasteiger partial charge in [-0.05, 0) is 24.6 Å². The summed E-state index contributed by atoms with van der Waals surface area (Å²) in [6, 6.07) is 18.9. The van der Waals surface area contributed by atoms with E-state index >= 15 is 0 Å². The molecule has 2 unspecified atom stereocenters. The molecule has 2 atom stereocenters. The molecule has 0 aliphatic carbocycles. The molecule has 2 N–H and O–H groups in total. The number of fused-ring (bicyclic) bond motifs is 1. The van der Waals surface area contributed by atoms with Crippen molar-refractivity contribution in [1.29, 1.82) is 0 Å². The van der Waals surface area contributed by atoms with Gasteiger partial charge in [0.05, 0.1) is 28.4 Å². The molecule has 2 aromatic carbocycles. The van der Waals surface area contributed by atoms with Crippen LogP contribution in [0.5, 0.6) is 5.88 Å². The molecule has 140 valence electrons. The van der Waals surface area contributed by atoms with Gasteiger partial charge in [-0.2, -0.15) is 5.10 Å². The molecule has 8 heteroatoms. The fourth-order valence-corrected chi connectivity index (χ4v) is 4.85. The number of allylic oxidation sites excluding steroid dienone is 1. The van der Waals surface area contributed by atoms with E-state index in [1.54, 1.807) is 4.68 Å². The highest BCUT2D eigenvalue weighted by molar-refractivity contribution is 7.75. The van der Waals surface area contributed by atoms with E-state index in [4.69, 9.17) is 4.74 Å². The fraction of sp³-hybridized carbons (Fsp3) is 0.100. The third-order valence-corrected chi connectivity index (χ3v) is 6.27. The van der Waals surface area contributed by atoms with Crippen molar-refractivity contribution in [3.8, 4) is 11.6 Å². The monoisotopic (exact) mass is 393 g/mol. The maximum Gasteiger partial charge on any atom is 0.363 e. The highest BCUT2D eigenvalue weighted by Crippen LogP contribution is 2.56. The van der Waals surface area contributed by atoms with Crippen molar-refractivity contribution in [1.82, 2.24) is 14.9 Å². The fourth-order valence-electron chi connectivity index (χ4n) is 3.75. The van der Waals surface area contributed by atoms with Crippen LogP contribution >= 0.6 is 7.52 Å². The second kappa shape index (κ2) is 5.92. The normalized spacial score (nSPS) is 23.1. The van der Waals surface area contributed by atoms with Gasteiger partial charge in [0.25, 0.3) is 5.52 Å². The van der Waals surface area contributed by atoms with Gasteiger partial charge < -0.3 is 9.63 Å². The van der Waals surface area contributed by atoms with Crippen molar-refractivity contribution in [2.24, 2.45) is 0 Å². The van der Waals surface area contributed by atoms with Crippen molar-refractivity contribution in [2.75, 3.05) is 0 Å². The van der Waals surface area contributed by atoms with Crippen LogP contribution in [-0.4, -0.2) is 20.2 Å². The van der Waals surface area contributed by atoms with Crippen LogP contribution in [0.4, 0.5) is 0 Å². The lowest BCUT2D eigenvalue weighted by molar-refractivity contribution is -0.109. The van der Waals surface area contributed by atoms with Crippen LogP contribution in [0, 0.1) is 6.92 Å². The Hall–Kier alpha value is -3.15. The molecular formula is C20H16N3O4P. The zero-order valence-electron chi connectivity index (χ0n) is 14.9. The minimum absolute atomic E-state index is 0.0225. The molecule has 7 nitrogen and oxygen atoms in total. The third kappa shape index (κ3) is 2.37. The highest BCUT2D eigenvalue weighted by Gasteiger charge is 2.51. The molecule has 0 spiro atoms. The Bertz CT molecular complexity index is 1180. The van der Waals surface area contributed by atoms with Gasteiger partial charge >= 0.3 is 7.52 Å².